The highest BCUT2D eigenvalue weighted by molar-refractivity contribution is 7.92. The molecule has 80 valence electrons. The summed E-state index contributed by atoms with van der Waals surface area (Å²) in [6.45, 7) is 0. The number of nitrogen functional groups attached to an aromatic ring is 2. The standard InChI is InChI=1S/C7H11N3O2S.H2S/c1-13(11,12)10-5-2-3-6(8)7(9)4-5;/h2-4,10H,8-9H2,1H3;1H2. The Morgan fingerprint density at radius 3 is 2.21 bits per heavy atom. The van der Waals surface area contributed by atoms with Crippen LogP contribution < -0.4 is 16.2 Å². The van der Waals surface area contributed by atoms with Crippen molar-refractivity contribution in [2.75, 3.05) is 22.4 Å². The molecule has 1 aromatic rings. The Morgan fingerprint density at radius 2 is 1.79 bits per heavy atom. The van der Waals surface area contributed by atoms with E-state index >= 15 is 0 Å². The number of anilines is 3. The van der Waals surface area contributed by atoms with Gasteiger partial charge in [0.2, 0.25) is 10.0 Å². The van der Waals surface area contributed by atoms with E-state index in [4.69, 9.17) is 11.5 Å². The van der Waals surface area contributed by atoms with Crippen LogP contribution in [0.2, 0.25) is 0 Å². The summed E-state index contributed by atoms with van der Waals surface area (Å²) >= 11 is 0. The molecule has 5 nitrogen and oxygen atoms in total. The first kappa shape index (κ1) is 12.9. The molecule has 7 heteroatoms. The molecule has 0 unspecified atom stereocenters. The zero-order chi connectivity index (χ0) is 10.1. The molecule has 0 fully saturated rings. The van der Waals surface area contributed by atoms with E-state index in [9.17, 15) is 8.42 Å². The first-order chi connectivity index (χ1) is 5.88. The maximum Gasteiger partial charge on any atom is 0.229 e. The van der Waals surface area contributed by atoms with Gasteiger partial charge in [-0.3, -0.25) is 4.72 Å². The van der Waals surface area contributed by atoms with E-state index in [1.165, 1.54) is 6.07 Å². The highest BCUT2D eigenvalue weighted by atomic mass is 32.2. The minimum atomic E-state index is -3.25. The molecule has 0 saturated heterocycles. The van der Waals surface area contributed by atoms with E-state index in [0.717, 1.165) is 6.26 Å². The lowest BCUT2D eigenvalue weighted by molar-refractivity contribution is 0.607. The highest BCUT2D eigenvalue weighted by Crippen LogP contribution is 2.19. The molecule has 0 heterocycles. The summed E-state index contributed by atoms with van der Waals surface area (Å²) in [5, 5.41) is 0. The van der Waals surface area contributed by atoms with Crippen molar-refractivity contribution in [3.05, 3.63) is 18.2 Å². The van der Waals surface area contributed by atoms with Gasteiger partial charge in [0.05, 0.1) is 23.3 Å². The summed E-state index contributed by atoms with van der Waals surface area (Å²) < 4.78 is 23.9. The summed E-state index contributed by atoms with van der Waals surface area (Å²) in [6, 6.07) is 4.56. The van der Waals surface area contributed by atoms with Gasteiger partial charge in [-0.05, 0) is 18.2 Å². The van der Waals surface area contributed by atoms with E-state index in [1.807, 2.05) is 0 Å². The van der Waals surface area contributed by atoms with Gasteiger partial charge in [-0.1, -0.05) is 0 Å². The SMILES string of the molecule is CS(=O)(=O)Nc1ccc(N)c(N)c1.S. The van der Waals surface area contributed by atoms with Crippen molar-refractivity contribution >= 4 is 40.6 Å². The molecule has 0 radical (unpaired) electrons. The average Bonchev–Trinajstić information content (AvgIpc) is 1.94. The Balaban J connectivity index is 0.00000169. The fraction of sp³-hybridized carbons (Fsp3) is 0.143. The molecular formula is C7H13N3O2S2. The van der Waals surface area contributed by atoms with Crippen LogP contribution in [0.25, 0.3) is 0 Å². The smallest absolute Gasteiger partial charge is 0.229 e. The third kappa shape index (κ3) is 3.75. The summed E-state index contributed by atoms with van der Waals surface area (Å²) in [7, 11) is -3.25. The highest BCUT2D eigenvalue weighted by Gasteiger charge is 2.02. The zero-order valence-electron chi connectivity index (χ0n) is 7.61. The molecule has 0 spiro atoms. The fourth-order valence-electron chi connectivity index (χ4n) is 0.852. The molecule has 0 aliphatic carbocycles. The normalized spacial score (nSPS) is 10.4. The fourth-order valence-corrected chi connectivity index (χ4v) is 1.41. The molecule has 0 amide bonds. The second-order valence-corrected chi connectivity index (χ2v) is 4.47. The topological polar surface area (TPSA) is 98.2 Å². The predicted octanol–water partition coefficient (Wildman–Crippen LogP) is 0.335. The van der Waals surface area contributed by atoms with Crippen LogP contribution in [-0.2, 0) is 10.0 Å². The van der Waals surface area contributed by atoms with Crippen molar-refractivity contribution in [3.8, 4) is 0 Å². The van der Waals surface area contributed by atoms with Crippen molar-refractivity contribution in [1.82, 2.24) is 0 Å². The Labute approximate surface area is 90.0 Å². The van der Waals surface area contributed by atoms with Gasteiger partial charge >= 0.3 is 0 Å². The number of hydrogen-bond donors (Lipinski definition) is 3. The molecule has 5 N–H and O–H groups in total. The van der Waals surface area contributed by atoms with Crippen molar-refractivity contribution in [2.45, 2.75) is 0 Å². The maximum atomic E-state index is 10.8. The predicted molar refractivity (Wildman–Crippen MR) is 64.1 cm³/mol. The summed E-state index contributed by atoms with van der Waals surface area (Å²) in [6.07, 6.45) is 1.07. The molecule has 0 aromatic heterocycles. The largest absolute Gasteiger partial charge is 0.397 e. The summed E-state index contributed by atoms with van der Waals surface area (Å²) in [4.78, 5) is 0. The summed E-state index contributed by atoms with van der Waals surface area (Å²) in [5.41, 5.74) is 12.1. The monoisotopic (exact) mass is 235 g/mol. The molecule has 0 aliphatic rings. The van der Waals surface area contributed by atoms with Gasteiger partial charge in [0, 0.05) is 0 Å². The minimum absolute atomic E-state index is 0. The quantitative estimate of drug-likeness (QED) is 0.643. The van der Waals surface area contributed by atoms with Crippen LogP contribution in [0.15, 0.2) is 18.2 Å². The number of sulfonamides is 1. The first-order valence-corrected chi connectivity index (χ1v) is 5.40. The molecule has 0 bridgehead atoms. The Hall–Kier alpha value is -1.08. The van der Waals surface area contributed by atoms with Crippen LogP contribution in [0.5, 0.6) is 0 Å². The van der Waals surface area contributed by atoms with Crippen molar-refractivity contribution in [1.29, 1.82) is 0 Å². The van der Waals surface area contributed by atoms with Crippen LogP contribution in [-0.4, -0.2) is 14.7 Å². The van der Waals surface area contributed by atoms with Gasteiger partial charge in [-0.15, -0.1) is 0 Å². The Bertz CT molecular complexity index is 417. The average molecular weight is 235 g/mol. The van der Waals surface area contributed by atoms with Crippen LogP contribution in [0.3, 0.4) is 0 Å². The molecule has 0 saturated carbocycles. The van der Waals surface area contributed by atoms with E-state index in [2.05, 4.69) is 4.72 Å². The lowest BCUT2D eigenvalue weighted by Crippen LogP contribution is -2.09. The van der Waals surface area contributed by atoms with E-state index < -0.39 is 10.0 Å². The van der Waals surface area contributed by atoms with Gasteiger partial charge in [0.1, 0.15) is 0 Å². The maximum absolute atomic E-state index is 10.8. The summed E-state index contributed by atoms with van der Waals surface area (Å²) in [5.74, 6) is 0. The number of nitrogens with two attached hydrogens (primary N) is 2. The van der Waals surface area contributed by atoms with Crippen molar-refractivity contribution in [2.24, 2.45) is 0 Å². The minimum Gasteiger partial charge on any atom is -0.397 e. The number of hydrogen-bond acceptors (Lipinski definition) is 4. The van der Waals surface area contributed by atoms with Gasteiger partial charge < -0.3 is 11.5 Å². The van der Waals surface area contributed by atoms with Gasteiger partial charge in [-0.25, -0.2) is 8.42 Å². The van der Waals surface area contributed by atoms with Crippen LogP contribution in [0, 0.1) is 0 Å². The van der Waals surface area contributed by atoms with Crippen LogP contribution in [0.4, 0.5) is 17.1 Å². The Kier molecular flexibility index (Phi) is 4.08. The molecular weight excluding hydrogens is 222 g/mol. The number of rotatable bonds is 2. The van der Waals surface area contributed by atoms with Crippen molar-refractivity contribution in [3.63, 3.8) is 0 Å². The van der Waals surface area contributed by atoms with E-state index in [1.54, 1.807) is 12.1 Å². The van der Waals surface area contributed by atoms with Gasteiger partial charge in [-0.2, -0.15) is 13.5 Å². The van der Waals surface area contributed by atoms with Crippen LogP contribution in [0.1, 0.15) is 0 Å². The lowest BCUT2D eigenvalue weighted by atomic mass is 10.2. The molecule has 0 aliphatic heterocycles. The molecule has 1 rings (SSSR count). The van der Waals surface area contributed by atoms with E-state index in [0.29, 0.717) is 17.1 Å². The zero-order valence-corrected chi connectivity index (χ0v) is 9.43. The molecule has 0 atom stereocenters. The lowest BCUT2D eigenvalue weighted by Gasteiger charge is -2.05. The molecule has 14 heavy (non-hydrogen) atoms. The van der Waals surface area contributed by atoms with Gasteiger partial charge in [0.25, 0.3) is 0 Å². The first-order valence-electron chi connectivity index (χ1n) is 3.51. The second kappa shape index (κ2) is 4.43. The van der Waals surface area contributed by atoms with Crippen molar-refractivity contribution < 1.29 is 8.42 Å². The van der Waals surface area contributed by atoms with E-state index in [-0.39, 0.29) is 13.5 Å². The molecule has 1 aromatic carbocycles. The third-order valence-electron chi connectivity index (χ3n) is 1.39. The van der Waals surface area contributed by atoms with Crippen LogP contribution >= 0.6 is 13.5 Å². The number of benzene rings is 1. The Morgan fingerprint density at radius 1 is 1.21 bits per heavy atom. The third-order valence-corrected chi connectivity index (χ3v) is 2.00. The second-order valence-electron chi connectivity index (χ2n) is 2.72. The van der Waals surface area contributed by atoms with Gasteiger partial charge in [0.15, 0.2) is 0 Å². The number of nitrogens with one attached hydrogen (secondary N) is 1.